The van der Waals surface area contributed by atoms with Gasteiger partial charge in [0.1, 0.15) is 5.75 Å². The first kappa shape index (κ1) is 14.9. The third-order valence-electron chi connectivity index (χ3n) is 4.09. The quantitative estimate of drug-likeness (QED) is 0.866. The van der Waals surface area contributed by atoms with Gasteiger partial charge in [-0.1, -0.05) is 31.0 Å². The van der Waals surface area contributed by atoms with Gasteiger partial charge in [-0.25, -0.2) is 0 Å². The third-order valence-corrected chi connectivity index (χ3v) is 4.09. The Morgan fingerprint density at radius 3 is 2.60 bits per heavy atom. The maximum atomic E-state index is 12.1. The highest BCUT2D eigenvalue weighted by Crippen LogP contribution is 2.30. The lowest BCUT2D eigenvalue weighted by molar-refractivity contribution is -0.133. The van der Waals surface area contributed by atoms with Crippen molar-refractivity contribution in [1.29, 1.82) is 0 Å². The average Bonchev–Trinajstić information content (AvgIpc) is 2.84. The van der Waals surface area contributed by atoms with Crippen LogP contribution in [0.15, 0.2) is 24.3 Å². The van der Waals surface area contributed by atoms with Crippen LogP contribution in [0.25, 0.3) is 0 Å². The summed E-state index contributed by atoms with van der Waals surface area (Å²) in [5.41, 5.74) is 0.0908. The Morgan fingerprint density at radius 2 is 1.95 bits per heavy atom. The Bertz CT molecular complexity index is 467. The first-order valence-electron chi connectivity index (χ1n) is 7.23. The van der Waals surface area contributed by atoms with E-state index in [1.165, 1.54) is 0 Å². The van der Waals surface area contributed by atoms with Gasteiger partial charge in [-0.05, 0) is 30.9 Å². The molecule has 0 spiro atoms. The van der Waals surface area contributed by atoms with Gasteiger partial charge in [-0.2, -0.15) is 0 Å². The zero-order valence-electron chi connectivity index (χ0n) is 12.0. The van der Waals surface area contributed by atoms with Crippen molar-refractivity contribution in [2.75, 3.05) is 13.6 Å². The molecule has 1 aliphatic rings. The van der Waals surface area contributed by atoms with Gasteiger partial charge in [0.25, 0.3) is 0 Å². The topological polar surface area (TPSA) is 60.8 Å². The number of carbonyl (C=O) groups excluding carboxylic acids is 1. The van der Waals surface area contributed by atoms with E-state index in [9.17, 15) is 15.0 Å². The number of aryl methyl sites for hydroxylation is 1. The minimum atomic E-state index is -0.695. The van der Waals surface area contributed by atoms with Crippen LogP contribution < -0.4 is 0 Å². The second-order valence-corrected chi connectivity index (χ2v) is 5.81. The van der Waals surface area contributed by atoms with E-state index in [0.717, 1.165) is 31.2 Å². The Kier molecular flexibility index (Phi) is 4.65. The van der Waals surface area contributed by atoms with Crippen molar-refractivity contribution in [1.82, 2.24) is 4.90 Å². The molecule has 1 aromatic rings. The molecular weight excluding hydrogens is 254 g/mol. The zero-order chi connectivity index (χ0) is 14.6. The minimum absolute atomic E-state index is 0.00794. The number of hydrogen-bond donors (Lipinski definition) is 2. The number of amides is 1. The second kappa shape index (κ2) is 6.27. The fourth-order valence-corrected chi connectivity index (χ4v) is 2.88. The Morgan fingerprint density at radius 1 is 1.30 bits per heavy atom. The number of rotatable bonds is 5. The van der Waals surface area contributed by atoms with Crippen LogP contribution in [0.5, 0.6) is 5.75 Å². The fourth-order valence-electron chi connectivity index (χ4n) is 2.88. The Balaban J connectivity index is 1.84. The lowest BCUT2D eigenvalue weighted by Crippen LogP contribution is -2.42. The molecule has 1 saturated carbocycles. The van der Waals surface area contributed by atoms with Crippen molar-refractivity contribution < 1.29 is 15.0 Å². The standard InChI is InChI=1S/C16H23NO3/c1-17(12-16(20)10-4-5-11-16)15(19)9-8-13-6-2-3-7-14(13)18/h2-3,6-7,18,20H,4-5,8-12H2,1H3. The molecule has 0 unspecified atom stereocenters. The lowest BCUT2D eigenvalue weighted by atomic mass is 10.0. The van der Waals surface area contributed by atoms with E-state index in [1.807, 2.05) is 12.1 Å². The summed E-state index contributed by atoms with van der Waals surface area (Å²) >= 11 is 0. The Hall–Kier alpha value is -1.55. The largest absolute Gasteiger partial charge is 0.508 e. The maximum Gasteiger partial charge on any atom is 0.222 e. The van der Waals surface area contributed by atoms with Crippen LogP contribution >= 0.6 is 0 Å². The highest BCUT2D eigenvalue weighted by molar-refractivity contribution is 5.76. The molecule has 1 aromatic carbocycles. The van der Waals surface area contributed by atoms with Gasteiger partial charge < -0.3 is 15.1 Å². The number of likely N-dealkylation sites (N-methyl/N-ethyl adjacent to an activating group) is 1. The molecule has 1 amide bonds. The van der Waals surface area contributed by atoms with Crippen molar-refractivity contribution in [3.05, 3.63) is 29.8 Å². The molecule has 0 atom stereocenters. The van der Waals surface area contributed by atoms with Crippen molar-refractivity contribution >= 4 is 5.91 Å². The number of phenolic OH excluding ortho intramolecular Hbond substituents is 1. The zero-order valence-corrected chi connectivity index (χ0v) is 12.0. The van der Waals surface area contributed by atoms with E-state index in [-0.39, 0.29) is 11.7 Å². The van der Waals surface area contributed by atoms with Crippen LogP contribution in [-0.2, 0) is 11.2 Å². The molecule has 110 valence electrons. The van der Waals surface area contributed by atoms with Gasteiger partial charge in [0.2, 0.25) is 5.91 Å². The van der Waals surface area contributed by atoms with Gasteiger partial charge in [0.15, 0.2) is 0 Å². The monoisotopic (exact) mass is 277 g/mol. The molecule has 0 radical (unpaired) electrons. The number of benzene rings is 1. The molecule has 0 bridgehead atoms. The smallest absolute Gasteiger partial charge is 0.222 e. The number of para-hydroxylation sites is 1. The van der Waals surface area contributed by atoms with Crippen molar-refractivity contribution in [3.8, 4) is 5.75 Å². The highest BCUT2D eigenvalue weighted by Gasteiger charge is 2.33. The second-order valence-electron chi connectivity index (χ2n) is 5.81. The molecule has 0 aliphatic heterocycles. The summed E-state index contributed by atoms with van der Waals surface area (Å²) in [6.07, 6.45) is 4.51. The van der Waals surface area contributed by atoms with E-state index < -0.39 is 5.60 Å². The van der Waals surface area contributed by atoms with Gasteiger partial charge in [0, 0.05) is 20.0 Å². The van der Waals surface area contributed by atoms with E-state index in [1.54, 1.807) is 24.1 Å². The van der Waals surface area contributed by atoms with Crippen LogP contribution in [0, 0.1) is 0 Å². The molecular formula is C16H23NO3. The first-order chi connectivity index (χ1) is 9.50. The van der Waals surface area contributed by atoms with E-state index >= 15 is 0 Å². The van der Waals surface area contributed by atoms with Crippen LogP contribution in [0.2, 0.25) is 0 Å². The molecule has 20 heavy (non-hydrogen) atoms. The summed E-state index contributed by atoms with van der Waals surface area (Å²) in [5, 5.41) is 20.0. The minimum Gasteiger partial charge on any atom is -0.508 e. The summed E-state index contributed by atoms with van der Waals surface area (Å²) in [4.78, 5) is 13.7. The number of hydrogen-bond acceptors (Lipinski definition) is 3. The normalized spacial score (nSPS) is 17.1. The van der Waals surface area contributed by atoms with E-state index in [2.05, 4.69) is 0 Å². The van der Waals surface area contributed by atoms with Gasteiger partial charge >= 0.3 is 0 Å². The Labute approximate surface area is 120 Å². The average molecular weight is 277 g/mol. The summed E-state index contributed by atoms with van der Waals surface area (Å²) in [7, 11) is 1.74. The molecule has 1 aliphatic carbocycles. The van der Waals surface area contributed by atoms with Crippen molar-refractivity contribution in [2.24, 2.45) is 0 Å². The molecule has 1 fully saturated rings. The van der Waals surface area contributed by atoms with Crippen molar-refractivity contribution in [3.63, 3.8) is 0 Å². The summed E-state index contributed by atoms with van der Waals surface area (Å²) in [6, 6.07) is 7.07. The van der Waals surface area contributed by atoms with Crippen LogP contribution in [0.3, 0.4) is 0 Å². The fraction of sp³-hybridized carbons (Fsp3) is 0.562. The predicted octanol–water partition coefficient (Wildman–Crippen LogP) is 2.09. The summed E-state index contributed by atoms with van der Waals surface area (Å²) < 4.78 is 0. The van der Waals surface area contributed by atoms with Crippen LogP contribution in [0.1, 0.15) is 37.7 Å². The van der Waals surface area contributed by atoms with Gasteiger partial charge in [0.05, 0.1) is 5.60 Å². The molecule has 0 saturated heterocycles. The number of carbonyl (C=O) groups is 1. The summed E-state index contributed by atoms with van der Waals surface area (Å²) in [6.45, 7) is 0.409. The number of aliphatic hydroxyl groups is 1. The SMILES string of the molecule is CN(CC1(O)CCCC1)C(=O)CCc1ccccc1O. The molecule has 4 heteroatoms. The van der Waals surface area contributed by atoms with E-state index in [0.29, 0.717) is 19.4 Å². The lowest BCUT2D eigenvalue weighted by Gasteiger charge is -2.28. The van der Waals surface area contributed by atoms with E-state index in [4.69, 9.17) is 0 Å². The first-order valence-corrected chi connectivity index (χ1v) is 7.23. The summed E-state index contributed by atoms with van der Waals surface area (Å²) in [5.74, 6) is 0.242. The number of nitrogens with zero attached hydrogens (tertiary/aromatic N) is 1. The molecule has 4 nitrogen and oxygen atoms in total. The maximum absolute atomic E-state index is 12.1. The number of phenols is 1. The predicted molar refractivity (Wildman–Crippen MR) is 77.5 cm³/mol. The van der Waals surface area contributed by atoms with Crippen LogP contribution in [0.4, 0.5) is 0 Å². The van der Waals surface area contributed by atoms with Gasteiger partial charge in [-0.15, -0.1) is 0 Å². The molecule has 2 rings (SSSR count). The third kappa shape index (κ3) is 3.73. The molecule has 0 aromatic heterocycles. The van der Waals surface area contributed by atoms with Crippen molar-refractivity contribution in [2.45, 2.75) is 44.1 Å². The molecule has 0 heterocycles. The number of aromatic hydroxyl groups is 1. The van der Waals surface area contributed by atoms with Crippen LogP contribution in [-0.4, -0.2) is 40.2 Å². The van der Waals surface area contributed by atoms with Gasteiger partial charge in [-0.3, -0.25) is 4.79 Å². The molecule has 2 N–H and O–H groups in total. The highest BCUT2D eigenvalue weighted by atomic mass is 16.3.